The molecule has 2 aromatic heterocycles. The molecule has 1 amide bonds. The maximum atomic E-state index is 11.5. The summed E-state index contributed by atoms with van der Waals surface area (Å²) < 4.78 is 1.72. The molecular weight excluding hydrogens is 256 g/mol. The van der Waals surface area contributed by atoms with Crippen LogP contribution in [0.25, 0.3) is 11.0 Å². The largest absolute Gasteiger partial charge is 0.369 e. The van der Waals surface area contributed by atoms with Gasteiger partial charge in [-0.2, -0.15) is 5.10 Å². The highest BCUT2D eigenvalue weighted by Gasteiger charge is 2.30. The van der Waals surface area contributed by atoms with E-state index >= 15 is 0 Å². The number of anilines is 1. The number of aromatic nitrogens is 4. The first-order valence-electron chi connectivity index (χ1n) is 6.76. The van der Waals surface area contributed by atoms with Gasteiger partial charge in [0, 0.05) is 19.6 Å². The summed E-state index contributed by atoms with van der Waals surface area (Å²) in [6.07, 6.45) is 5.08. The number of primary amides is 1. The monoisotopic (exact) mass is 274 g/mol. The van der Waals surface area contributed by atoms with Gasteiger partial charge < -0.3 is 10.6 Å². The molecule has 0 aromatic carbocycles. The van der Waals surface area contributed by atoms with E-state index in [4.69, 9.17) is 5.73 Å². The molecule has 0 spiro atoms. The number of amides is 1. The Morgan fingerprint density at radius 1 is 1.40 bits per heavy atom. The second kappa shape index (κ2) is 4.73. The highest BCUT2D eigenvalue weighted by Crippen LogP contribution is 2.30. The van der Waals surface area contributed by atoms with Crippen molar-refractivity contribution in [3.8, 4) is 0 Å². The minimum atomic E-state index is -0.238. The zero-order valence-corrected chi connectivity index (χ0v) is 11.7. The molecule has 2 aromatic rings. The smallest absolute Gasteiger partial charge is 0.222 e. The molecular formula is C13H18N6O. The molecule has 1 aliphatic heterocycles. The van der Waals surface area contributed by atoms with Gasteiger partial charge in [0.15, 0.2) is 5.65 Å². The summed E-state index contributed by atoms with van der Waals surface area (Å²) >= 11 is 0. The van der Waals surface area contributed by atoms with Crippen molar-refractivity contribution in [2.45, 2.75) is 25.8 Å². The van der Waals surface area contributed by atoms with Gasteiger partial charge in [-0.1, -0.05) is 0 Å². The second-order valence-electron chi connectivity index (χ2n) is 5.38. The fourth-order valence-electron chi connectivity index (χ4n) is 2.81. The van der Waals surface area contributed by atoms with E-state index in [-0.39, 0.29) is 11.8 Å². The third-order valence-corrected chi connectivity index (χ3v) is 4.06. The maximum absolute atomic E-state index is 11.5. The fraction of sp³-hybridized carbons (Fsp3) is 0.538. The summed E-state index contributed by atoms with van der Waals surface area (Å²) in [5.74, 6) is 0.479. The number of rotatable bonds is 2. The highest BCUT2D eigenvalue weighted by molar-refractivity contribution is 5.87. The molecule has 0 unspecified atom stereocenters. The van der Waals surface area contributed by atoms with E-state index in [1.807, 2.05) is 7.05 Å². The summed E-state index contributed by atoms with van der Waals surface area (Å²) in [6, 6.07) is 0.323. The summed E-state index contributed by atoms with van der Waals surface area (Å²) in [4.78, 5) is 22.2. The molecule has 0 bridgehead atoms. The van der Waals surface area contributed by atoms with E-state index < -0.39 is 0 Å². The standard InChI is InChI=1S/C13H18N6O/c1-8-3-4-9(11(14)20)6-19(8)13-10-5-17-18(2)12(10)15-7-16-13/h5,7-9H,3-4,6H2,1-2H3,(H2,14,20)/t8-,9+/m1/s1. The molecule has 3 rings (SSSR count). The van der Waals surface area contributed by atoms with Crippen LogP contribution < -0.4 is 10.6 Å². The number of nitrogens with two attached hydrogens (primary N) is 1. The van der Waals surface area contributed by atoms with Gasteiger partial charge in [0.05, 0.1) is 17.5 Å². The Bertz CT molecular complexity index is 651. The summed E-state index contributed by atoms with van der Waals surface area (Å²) in [5, 5.41) is 5.14. The normalized spacial score (nSPS) is 23.2. The van der Waals surface area contributed by atoms with Crippen LogP contribution in [0, 0.1) is 5.92 Å². The van der Waals surface area contributed by atoms with Gasteiger partial charge in [0.2, 0.25) is 5.91 Å². The molecule has 106 valence electrons. The first-order chi connectivity index (χ1) is 9.58. The minimum Gasteiger partial charge on any atom is -0.369 e. The number of carbonyl (C=O) groups is 1. The number of aryl methyl sites for hydroxylation is 1. The van der Waals surface area contributed by atoms with Gasteiger partial charge in [0.1, 0.15) is 12.1 Å². The molecule has 1 fully saturated rings. The number of piperidine rings is 1. The molecule has 7 nitrogen and oxygen atoms in total. The van der Waals surface area contributed by atoms with Crippen molar-refractivity contribution in [2.24, 2.45) is 18.7 Å². The van der Waals surface area contributed by atoms with Crippen LogP contribution in [-0.2, 0) is 11.8 Å². The van der Waals surface area contributed by atoms with Crippen molar-refractivity contribution in [3.05, 3.63) is 12.5 Å². The van der Waals surface area contributed by atoms with E-state index in [1.165, 1.54) is 0 Å². The van der Waals surface area contributed by atoms with E-state index in [2.05, 4.69) is 26.9 Å². The predicted molar refractivity (Wildman–Crippen MR) is 75.0 cm³/mol. The van der Waals surface area contributed by atoms with Gasteiger partial charge in [0.25, 0.3) is 0 Å². The number of hydrogen-bond acceptors (Lipinski definition) is 5. The maximum Gasteiger partial charge on any atom is 0.222 e. The Labute approximate surface area is 116 Å². The lowest BCUT2D eigenvalue weighted by Crippen LogP contribution is -2.46. The lowest BCUT2D eigenvalue weighted by Gasteiger charge is -2.37. The van der Waals surface area contributed by atoms with Gasteiger partial charge >= 0.3 is 0 Å². The number of carbonyl (C=O) groups excluding carboxylic acids is 1. The van der Waals surface area contributed by atoms with Crippen molar-refractivity contribution in [2.75, 3.05) is 11.4 Å². The highest BCUT2D eigenvalue weighted by atomic mass is 16.1. The Morgan fingerprint density at radius 2 is 2.20 bits per heavy atom. The van der Waals surface area contributed by atoms with Crippen molar-refractivity contribution in [1.82, 2.24) is 19.7 Å². The van der Waals surface area contributed by atoms with Crippen molar-refractivity contribution in [3.63, 3.8) is 0 Å². The average molecular weight is 274 g/mol. The van der Waals surface area contributed by atoms with Crippen molar-refractivity contribution < 1.29 is 4.79 Å². The Kier molecular flexibility index (Phi) is 3.04. The minimum absolute atomic E-state index is 0.118. The fourth-order valence-corrected chi connectivity index (χ4v) is 2.81. The van der Waals surface area contributed by atoms with E-state index in [9.17, 15) is 4.79 Å². The molecule has 2 N–H and O–H groups in total. The third-order valence-electron chi connectivity index (χ3n) is 4.06. The predicted octanol–water partition coefficient (Wildman–Crippen LogP) is 0.453. The molecule has 1 aliphatic rings. The molecule has 0 saturated carbocycles. The van der Waals surface area contributed by atoms with Crippen LogP contribution >= 0.6 is 0 Å². The molecule has 3 heterocycles. The van der Waals surface area contributed by atoms with Crippen LogP contribution in [0.2, 0.25) is 0 Å². The number of fused-ring (bicyclic) bond motifs is 1. The van der Waals surface area contributed by atoms with E-state index in [0.717, 1.165) is 29.7 Å². The van der Waals surface area contributed by atoms with Gasteiger partial charge in [-0.25, -0.2) is 9.97 Å². The quantitative estimate of drug-likeness (QED) is 0.859. The molecule has 1 saturated heterocycles. The second-order valence-corrected chi connectivity index (χ2v) is 5.38. The molecule has 0 aliphatic carbocycles. The van der Waals surface area contributed by atoms with Crippen LogP contribution in [-0.4, -0.2) is 38.2 Å². The van der Waals surface area contributed by atoms with Crippen LogP contribution in [0.15, 0.2) is 12.5 Å². The number of hydrogen-bond donors (Lipinski definition) is 1. The van der Waals surface area contributed by atoms with Crippen LogP contribution in [0.5, 0.6) is 0 Å². The van der Waals surface area contributed by atoms with Crippen LogP contribution in [0.3, 0.4) is 0 Å². The van der Waals surface area contributed by atoms with E-state index in [0.29, 0.717) is 12.6 Å². The summed E-state index contributed by atoms with van der Waals surface area (Å²) in [7, 11) is 1.85. The summed E-state index contributed by atoms with van der Waals surface area (Å²) in [5.41, 5.74) is 6.25. The van der Waals surface area contributed by atoms with E-state index in [1.54, 1.807) is 17.2 Å². The lowest BCUT2D eigenvalue weighted by atomic mass is 9.93. The molecule has 2 atom stereocenters. The van der Waals surface area contributed by atoms with Gasteiger partial charge in [-0.05, 0) is 19.8 Å². The third kappa shape index (κ3) is 1.99. The Balaban J connectivity index is 2.02. The first-order valence-corrected chi connectivity index (χ1v) is 6.76. The molecule has 20 heavy (non-hydrogen) atoms. The van der Waals surface area contributed by atoms with Crippen LogP contribution in [0.4, 0.5) is 5.82 Å². The van der Waals surface area contributed by atoms with Crippen molar-refractivity contribution >= 4 is 22.8 Å². The zero-order valence-electron chi connectivity index (χ0n) is 11.7. The molecule has 7 heteroatoms. The number of nitrogens with zero attached hydrogens (tertiary/aromatic N) is 5. The van der Waals surface area contributed by atoms with Gasteiger partial charge in [-0.3, -0.25) is 9.48 Å². The first kappa shape index (κ1) is 12.8. The lowest BCUT2D eigenvalue weighted by molar-refractivity contribution is -0.122. The SMILES string of the molecule is C[C@@H]1CC[C@H](C(N)=O)CN1c1ncnc2c1cnn2C. The van der Waals surface area contributed by atoms with Gasteiger partial charge in [-0.15, -0.1) is 0 Å². The van der Waals surface area contributed by atoms with Crippen LogP contribution in [0.1, 0.15) is 19.8 Å². The summed E-state index contributed by atoms with van der Waals surface area (Å²) in [6.45, 7) is 2.75. The van der Waals surface area contributed by atoms with Crippen molar-refractivity contribution in [1.29, 1.82) is 0 Å². The Hall–Kier alpha value is -2.18. The average Bonchev–Trinajstić information content (AvgIpc) is 2.81. The molecule has 0 radical (unpaired) electrons. The Morgan fingerprint density at radius 3 is 2.95 bits per heavy atom. The zero-order chi connectivity index (χ0) is 14.3. The topological polar surface area (TPSA) is 89.9 Å².